The van der Waals surface area contributed by atoms with Crippen LogP contribution < -0.4 is 0 Å². The van der Waals surface area contributed by atoms with E-state index in [2.05, 4.69) is 27.7 Å². The molecule has 0 aromatic rings. The Bertz CT molecular complexity index is 372. The third-order valence-electron chi connectivity index (χ3n) is 3.83. The molecule has 4 nitrogen and oxygen atoms in total. The fraction of sp³-hybridized carbons (Fsp3) is 0.900. The molecule has 1 rings (SSSR count). The number of amides is 2. The van der Waals surface area contributed by atoms with Gasteiger partial charge in [-0.1, -0.05) is 77.9 Å². The molecule has 0 radical (unpaired) electrons. The fourth-order valence-corrected chi connectivity index (χ4v) is 3.98. The summed E-state index contributed by atoms with van der Waals surface area (Å²) in [4.78, 5) is 27.1. The molecule has 1 aliphatic heterocycles. The van der Waals surface area contributed by atoms with Crippen molar-refractivity contribution in [2.75, 3.05) is 37.7 Å². The van der Waals surface area contributed by atoms with Crippen LogP contribution in [0.2, 0.25) is 0 Å². The van der Waals surface area contributed by atoms with Gasteiger partial charge in [-0.15, -0.1) is 0 Å². The van der Waals surface area contributed by atoms with Crippen molar-refractivity contribution in [3.8, 4) is 0 Å². The highest BCUT2D eigenvalue weighted by Crippen LogP contribution is 2.15. The zero-order chi connectivity index (χ0) is 19.9. The minimum Gasteiger partial charge on any atom is -0.334 e. The molecule has 1 fully saturated rings. The van der Waals surface area contributed by atoms with E-state index in [-0.39, 0.29) is 10.5 Å². The second kappa shape index (κ2) is 15.7. The predicted molar refractivity (Wildman–Crippen MR) is 118 cm³/mol. The number of rotatable bonds is 6. The maximum absolute atomic E-state index is 11.7. The van der Waals surface area contributed by atoms with Crippen LogP contribution >= 0.6 is 23.5 Å². The standard InChI is InChI=1S/C11H23NOS.C9H17NOS/c1-6-14-11(13)12(7-9(2)3)8-10(4)5;1-2-12-9(11)10-7-5-3-4-6-8-10/h9-10H,6-8H2,1-5H3;2-8H2,1H3. The lowest BCUT2D eigenvalue weighted by Gasteiger charge is -2.25. The first-order chi connectivity index (χ1) is 12.3. The third kappa shape index (κ3) is 12.9. The molecule has 1 heterocycles. The Balaban J connectivity index is 0.000000485. The van der Waals surface area contributed by atoms with Crippen molar-refractivity contribution in [2.45, 2.75) is 67.2 Å². The molecule has 0 atom stereocenters. The summed E-state index contributed by atoms with van der Waals surface area (Å²) in [5.74, 6) is 2.87. The summed E-state index contributed by atoms with van der Waals surface area (Å²) < 4.78 is 0. The van der Waals surface area contributed by atoms with Crippen molar-refractivity contribution in [3.63, 3.8) is 0 Å². The van der Waals surface area contributed by atoms with Crippen LogP contribution in [-0.2, 0) is 0 Å². The molecule has 1 aliphatic rings. The SMILES string of the molecule is CCSC(=O)N(CC(C)C)CC(C)C.CCSC(=O)N1CCCCCC1. The lowest BCUT2D eigenvalue weighted by molar-refractivity contribution is 0.208. The number of carbonyl (C=O) groups is 2. The highest BCUT2D eigenvalue weighted by Gasteiger charge is 2.16. The summed E-state index contributed by atoms with van der Waals surface area (Å²) >= 11 is 2.84. The molecule has 2 amide bonds. The van der Waals surface area contributed by atoms with Crippen LogP contribution in [0.3, 0.4) is 0 Å². The summed E-state index contributed by atoms with van der Waals surface area (Å²) in [6.07, 6.45) is 4.97. The third-order valence-corrected chi connectivity index (χ3v) is 5.42. The van der Waals surface area contributed by atoms with Gasteiger partial charge in [-0.05, 0) is 36.2 Å². The van der Waals surface area contributed by atoms with Gasteiger partial charge in [-0.2, -0.15) is 0 Å². The zero-order valence-corrected chi connectivity index (χ0v) is 19.4. The van der Waals surface area contributed by atoms with Crippen LogP contribution in [0.1, 0.15) is 67.2 Å². The summed E-state index contributed by atoms with van der Waals surface area (Å²) in [6.45, 7) is 16.4. The molecule has 6 heteroatoms. The Hall–Kier alpha value is -0.360. The first kappa shape index (κ1) is 25.6. The fourth-order valence-electron chi connectivity index (χ4n) is 2.79. The van der Waals surface area contributed by atoms with E-state index < -0.39 is 0 Å². The van der Waals surface area contributed by atoms with Crippen LogP contribution in [0, 0.1) is 11.8 Å². The summed E-state index contributed by atoms with van der Waals surface area (Å²) in [7, 11) is 0. The Kier molecular flexibility index (Phi) is 15.5. The molecule has 1 saturated heterocycles. The van der Waals surface area contributed by atoms with Gasteiger partial charge in [0, 0.05) is 26.2 Å². The second-order valence-corrected chi connectivity index (χ2v) is 9.92. The quantitative estimate of drug-likeness (QED) is 0.528. The minimum absolute atomic E-state index is 0.231. The van der Waals surface area contributed by atoms with Crippen molar-refractivity contribution < 1.29 is 9.59 Å². The Morgan fingerprint density at radius 2 is 1.31 bits per heavy atom. The number of hydrogen-bond acceptors (Lipinski definition) is 4. The number of carbonyl (C=O) groups excluding carboxylic acids is 2. The zero-order valence-electron chi connectivity index (χ0n) is 17.8. The molecule has 0 saturated carbocycles. The molecule has 0 aromatic heterocycles. The minimum atomic E-state index is 0.231. The van der Waals surface area contributed by atoms with Crippen LogP contribution in [-0.4, -0.2) is 58.0 Å². The number of nitrogens with zero attached hydrogens (tertiary/aromatic N) is 2. The Morgan fingerprint density at radius 3 is 1.69 bits per heavy atom. The van der Waals surface area contributed by atoms with Crippen LogP contribution in [0.4, 0.5) is 9.59 Å². The van der Waals surface area contributed by atoms with Gasteiger partial charge in [-0.25, -0.2) is 0 Å². The van der Waals surface area contributed by atoms with E-state index >= 15 is 0 Å². The van der Waals surface area contributed by atoms with E-state index in [1.807, 2.05) is 23.6 Å². The molecule has 26 heavy (non-hydrogen) atoms. The largest absolute Gasteiger partial charge is 0.334 e. The maximum atomic E-state index is 11.7. The van der Waals surface area contributed by atoms with E-state index in [1.54, 1.807) is 0 Å². The summed E-state index contributed by atoms with van der Waals surface area (Å²) in [6, 6.07) is 0. The average Bonchev–Trinajstić information content (AvgIpc) is 2.84. The Morgan fingerprint density at radius 1 is 0.846 bits per heavy atom. The number of likely N-dealkylation sites (tertiary alicyclic amines) is 1. The first-order valence-electron chi connectivity index (χ1n) is 10.1. The lowest BCUT2D eigenvalue weighted by atomic mass is 10.1. The van der Waals surface area contributed by atoms with E-state index in [4.69, 9.17) is 0 Å². The summed E-state index contributed by atoms with van der Waals surface area (Å²) in [5.41, 5.74) is 0. The van der Waals surface area contributed by atoms with Crippen molar-refractivity contribution >= 4 is 34.0 Å². The monoisotopic (exact) mass is 404 g/mol. The highest BCUT2D eigenvalue weighted by atomic mass is 32.2. The molecule has 0 N–H and O–H groups in total. The Labute approximate surface area is 170 Å². The van der Waals surface area contributed by atoms with E-state index in [1.165, 1.54) is 49.2 Å². The van der Waals surface area contributed by atoms with E-state index in [0.29, 0.717) is 11.8 Å². The molecule has 0 bridgehead atoms. The molecular weight excluding hydrogens is 364 g/mol. The van der Waals surface area contributed by atoms with Gasteiger partial charge in [-0.3, -0.25) is 9.59 Å². The molecule has 154 valence electrons. The lowest BCUT2D eigenvalue weighted by Crippen LogP contribution is -2.34. The first-order valence-corrected chi connectivity index (χ1v) is 12.1. The van der Waals surface area contributed by atoms with Gasteiger partial charge in [0.1, 0.15) is 0 Å². The molecule has 0 spiro atoms. The molecule has 0 unspecified atom stereocenters. The van der Waals surface area contributed by atoms with Gasteiger partial charge in [0.05, 0.1) is 0 Å². The highest BCUT2D eigenvalue weighted by molar-refractivity contribution is 8.13. The van der Waals surface area contributed by atoms with E-state index in [0.717, 1.165) is 37.7 Å². The van der Waals surface area contributed by atoms with Crippen molar-refractivity contribution in [1.29, 1.82) is 0 Å². The predicted octanol–water partition coefficient (Wildman–Crippen LogP) is 6.21. The van der Waals surface area contributed by atoms with Gasteiger partial charge < -0.3 is 9.80 Å². The second-order valence-electron chi connectivity index (χ2n) is 7.49. The van der Waals surface area contributed by atoms with Crippen molar-refractivity contribution in [1.82, 2.24) is 9.80 Å². The normalized spacial score (nSPS) is 14.7. The van der Waals surface area contributed by atoms with Crippen molar-refractivity contribution in [2.24, 2.45) is 11.8 Å². The maximum Gasteiger partial charge on any atom is 0.281 e. The molecule has 0 aromatic carbocycles. The average molecular weight is 405 g/mol. The van der Waals surface area contributed by atoms with E-state index in [9.17, 15) is 9.59 Å². The van der Waals surface area contributed by atoms with Crippen LogP contribution in [0.5, 0.6) is 0 Å². The molecule has 0 aliphatic carbocycles. The molecular formula is C20H40N2O2S2. The smallest absolute Gasteiger partial charge is 0.281 e. The van der Waals surface area contributed by atoms with Crippen molar-refractivity contribution in [3.05, 3.63) is 0 Å². The van der Waals surface area contributed by atoms with Crippen LogP contribution in [0.15, 0.2) is 0 Å². The number of hydrogen-bond donors (Lipinski definition) is 0. The number of thioether (sulfide) groups is 2. The van der Waals surface area contributed by atoms with Gasteiger partial charge >= 0.3 is 0 Å². The van der Waals surface area contributed by atoms with Gasteiger partial charge in [0.15, 0.2) is 0 Å². The summed E-state index contributed by atoms with van der Waals surface area (Å²) in [5, 5.41) is 0.509. The topological polar surface area (TPSA) is 40.6 Å². The van der Waals surface area contributed by atoms with Gasteiger partial charge in [0.2, 0.25) is 0 Å². The van der Waals surface area contributed by atoms with Gasteiger partial charge in [0.25, 0.3) is 10.5 Å². The van der Waals surface area contributed by atoms with Crippen LogP contribution in [0.25, 0.3) is 0 Å².